The lowest BCUT2D eigenvalue weighted by Gasteiger charge is -2.39. The zero-order valence-electron chi connectivity index (χ0n) is 17.8. The minimum absolute atomic E-state index is 0.0429. The summed E-state index contributed by atoms with van der Waals surface area (Å²) in [5.74, 6) is 1.35. The molecule has 1 aromatic carbocycles. The summed E-state index contributed by atoms with van der Waals surface area (Å²) >= 11 is 0. The number of likely N-dealkylation sites (tertiary alicyclic amines) is 1. The van der Waals surface area contributed by atoms with E-state index in [1.54, 1.807) is 0 Å². The summed E-state index contributed by atoms with van der Waals surface area (Å²) < 4.78 is 11.6. The second-order valence-corrected chi connectivity index (χ2v) is 8.91. The van der Waals surface area contributed by atoms with Gasteiger partial charge >= 0.3 is 6.09 Å². The largest absolute Gasteiger partial charge is 0.494 e. The molecule has 27 heavy (non-hydrogen) atoms. The molecule has 0 aromatic heterocycles. The summed E-state index contributed by atoms with van der Waals surface area (Å²) in [6.07, 6.45) is 2.82. The zero-order chi connectivity index (χ0) is 20.0. The maximum absolute atomic E-state index is 12.8. The highest BCUT2D eigenvalue weighted by molar-refractivity contribution is 5.69. The van der Waals surface area contributed by atoms with Crippen LogP contribution in [0, 0.1) is 5.92 Å². The average molecular weight is 377 g/mol. The van der Waals surface area contributed by atoms with Gasteiger partial charge in [-0.15, -0.1) is 0 Å². The molecular formula is C22H36N2O3. The molecule has 1 amide bonds. The van der Waals surface area contributed by atoms with Gasteiger partial charge in [-0.2, -0.15) is 0 Å². The molecule has 0 saturated carbocycles. The molecule has 0 radical (unpaired) electrons. The van der Waals surface area contributed by atoms with Gasteiger partial charge in [-0.3, -0.25) is 0 Å². The second-order valence-electron chi connectivity index (χ2n) is 8.91. The molecule has 1 aliphatic heterocycles. The van der Waals surface area contributed by atoms with E-state index in [1.165, 1.54) is 0 Å². The van der Waals surface area contributed by atoms with Gasteiger partial charge in [0.1, 0.15) is 11.4 Å². The predicted octanol–water partition coefficient (Wildman–Crippen LogP) is 4.73. The Morgan fingerprint density at radius 3 is 2.67 bits per heavy atom. The van der Waals surface area contributed by atoms with E-state index in [2.05, 4.69) is 38.1 Å². The van der Waals surface area contributed by atoms with Gasteiger partial charge in [-0.05, 0) is 77.7 Å². The van der Waals surface area contributed by atoms with Crippen molar-refractivity contribution in [3.05, 3.63) is 29.8 Å². The van der Waals surface area contributed by atoms with Crippen molar-refractivity contribution < 1.29 is 14.3 Å². The van der Waals surface area contributed by atoms with Crippen LogP contribution in [-0.4, -0.2) is 55.3 Å². The van der Waals surface area contributed by atoms with Gasteiger partial charge in [-0.25, -0.2) is 4.79 Å². The van der Waals surface area contributed by atoms with Gasteiger partial charge in [0.05, 0.1) is 12.6 Å². The number of rotatable bonds is 6. The first-order chi connectivity index (χ1) is 12.7. The standard InChI is InChI=1S/C22H36N2O3/c1-17-11-12-20(24(16-17)21(25)27-22(2,3)4)18-9-7-10-19(15-18)26-14-8-13-23(5)6/h7,9-10,15,17,20H,8,11-14,16H2,1-6H3/t17-,20+/m0/s1. The molecule has 5 nitrogen and oxygen atoms in total. The third kappa shape index (κ3) is 7.06. The van der Waals surface area contributed by atoms with E-state index < -0.39 is 5.60 Å². The van der Waals surface area contributed by atoms with Crippen LogP contribution in [0.15, 0.2) is 24.3 Å². The molecule has 0 unspecified atom stereocenters. The van der Waals surface area contributed by atoms with Crippen molar-refractivity contribution in [2.24, 2.45) is 5.92 Å². The summed E-state index contributed by atoms with van der Waals surface area (Å²) in [6, 6.07) is 8.21. The van der Waals surface area contributed by atoms with E-state index in [0.29, 0.717) is 12.5 Å². The highest BCUT2D eigenvalue weighted by Crippen LogP contribution is 2.35. The number of hydrogen-bond donors (Lipinski definition) is 0. The second kappa shape index (κ2) is 9.45. The van der Waals surface area contributed by atoms with Crippen LogP contribution in [0.5, 0.6) is 5.75 Å². The van der Waals surface area contributed by atoms with Gasteiger partial charge in [0.15, 0.2) is 0 Å². The number of carbonyl (C=O) groups is 1. The van der Waals surface area contributed by atoms with Crippen LogP contribution in [-0.2, 0) is 4.74 Å². The van der Waals surface area contributed by atoms with E-state index in [9.17, 15) is 4.79 Å². The Hall–Kier alpha value is -1.75. The zero-order valence-corrected chi connectivity index (χ0v) is 17.8. The number of amides is 1. The van der Waals surface area contributed by atoms with E-state index in [1.807, 2.05) is 37.8 Å². The van der Waals surface area contributed by atoms with Gasteiger partial charge < -0.3 is 19.3 Å². The topological polar surface area (TPSA) is 42.0 Å². The number of piperidine rings is 1. The van der Waals surface area contributed by atoms with Crippen molar-refractivity contribution in [2.45, 2.75) is 58.6 Å². The van der Waals surface area contributed by atoms with Crippen molar-refractivity contribution in [3.63, 3.8) is 0 Å². The molecule has 1 heterocycles. The van der Waals surface area contributed by atoms with Crippen LogP contribution in [0.3, 0.4) is 0 Å². The summed E-state index contributed by atoms with van der Waals surface area (Å²) in [7, 11) is 4.13. The lowest BCUT2D eigenvalue weighted by atomic mass is 9.90. The smallest absolute Gasteiger partial charge is 0.410 e. The van der Waals surface area contributed by atoms with Crippen molar-refractivity contribution in [1.82, 2.24) is 9.80 Å². The average Bonchev–Trinajstić information content (AvgIpc) is 2.57. The molecular weight excluding hydrogens is 340 g/mol. The van der Waals surface area contributed by atoms with Gasteiger partial charge in [0.25, 0.3) is 0 Å². The Labute approximate surface area is 164 Å². The first kappa shape index (κ1) is 21.5. The molecule has 1 aliphatic rings. The summed E-state index contributed by atoms with van der Waals surface area (Å²) in [5.41, 5.74) is 0.637. The molecule has 1 fully saturated rings. The van der Waals surface area contributed by atoms with Crippen molar-refractivity contribution in [2.75, 3.05) is 33.8 Å². The van der Waals surface area contributed by atoms with Gasteiger partial charge in [0.2, 0.25) is 0 Å². The van der Waals surface area contributed by atoms with Gasteiger partial charge in [0, 0.05) is 13.1 Å². The van der Waals surface area contributed by atoms with Crippen molar-refractivity contribution in [1.29, 1.82) is 0 Å². The molecule has 0 spiro atoms. The fourth-order valence-electron chi connectivity index (χ4n) is 3.40. The van der Waals surface area contributed by atoms with E-state index in [4.69, 9.17) is 9.47 Å². The Morgan fingerprint density at radius 2 is 2.00 bits per heavy atom. The lowest BCUT2D eigenvalue weighted by molar-refractivity contribution is 0.00360. The summed E-state index contributed by atoms with van der Waals surface area (Å²) in [6.45, 7) is 10.4. The number of carbonyl (C=O) groups excluding carboxylic acids is 1. The normalized spacial score (nSPS) is 20.6. The van der Waals surface area contributed by atoms with Crippen LogP contribution in [0.2, 0.25) is 0 Å². The lowest BCUT2D eigenvalue weighted by Crippen LogP contribution is -2.44. The van der Waals surface area contributed by atoms with E-state index in [0.717, 1.165) is 43.7 Å². The first-order valence-electron chi connectivity index (χ1n) is 10.0. The fourth-order valence-corrected chi connectivity index (χ4v) is 3.40. The molecule has 0 bridgehead atoms. The number of ether oxygens (including phenoxy) is 2. The summed E-state index contributed by atoms with van der Waals surface area (Å²) in [5, 5.41) is 0. The molecule has 1 aromatic rings. The van der Waals surface area contributed by atoms with E-state index >= 15 is 0 Å². The van der Waals surface area contributed by atoms with Crippen molar-refractivity contribution >= 4 is 6.09 Å². The molecule has 2 rings (SSSR count). The number of hydrogen-bond acceptors (Lipinski definition) is 4. The monoisotopic (exact) mass is 376 g/mol. The predicted molar refractivity (Wildman–Crippen MR) is 109 cm³/mol. The molecule has 1 saturated heterocycles. The minimum Gasteiger partial charge on any atom is -0.494 e. The molecule has 5 heteroatoms. The Kier molecular flexibility index (Phi) is 7.54. The Bertz CT molecular complexity index is 610. The van der Waals surface area contributed by atoms with Gasteiger partial charge in [-0.1, -0.05) is 19.1 Å². The number of nitrogens with zero attached hydrogens (tertiary/aromatic N) is 2. The fraction of sp³-hybridized carbons (Fsp3) is 0.682. The maximum Gasteiger partial charge on any atom is 0.410 e. The van der Waals surface area contributed by atoms with Crippen LogP contribution in [0.25, 0.3) is 0 Å². The molecule has 0 N–H and O–H groups in total. The van der Waals surface area contributed by atoms with Crippen LogP contribution >= 0.6 is 0 Å². The SMILES string of the molecule is C[C@H]1CC[C@H](c2cccc(OCCCN(C)C)c2)N(C(=O)OC(C)(C)C)C1. The minimum atomic E-state index is -0.486. The Balaban J connectivity index is 2.08. The van der Waals surface area contributed by atoms with Crippen LogP contribution < -0.4 is 4.74 Å². The molecule has 152 valence electrons. The first-order valence-corrected chi connectivity index (χ1v) is 10.0. The maximum atomic E-state index is 12.8. The molecule has 2 atom stereocenters. The summed E-state index contributed by atoms with van der Waals surface area (Å²) in [4.78, 5) is 16.8. The molecule has 0 aliphatic carbocycles. The number of benzene rings is 1. The third-order valence-electron chi connectivity index (χ3n) is 4.71. The third-order valence-corrected chi connectivity index (χ3v) is 4.71. The Morgan fingerprint density at radius 1 is 1.26 bits per heavy atom. The van der Waals surface area contributed by atoms with Crippen LogP contribution in [0.4, 0.5) is 4.79 Å². The highest BCUT2D eigenvalue weighted by Gasteiger charge is 2.34. The van der Waals surface area contributed by atoms with Crippen molar-refractivity contribution in [3.8, 4) is 5.75 Å². The highest BCUT2D eigenvalue weighted by atomic mass is 16.6. The van der Waals surface area contributed by atoms with Crippen LogP contribution in [0.1, 0.15) is 58.6 Å². The quantitative estimate of drug-likeness (QED) is 0.674. The van der Waals surface area contributed by atoms with E-state index in [-0.39, 0.29) is 12.1 Å².